The van der Waals surface area contributed by atoms with Crippen molar-refractivity contribution in [2.45, 2.75) is 32.1 Å². The van der Waals surface area contributed by atoms with Gasteiger partial charge in [0.15, 0.2) is 0 Å². The molecule has 0 aromatic heterocycles. The minimum absolute atomic E-state index is 0.238. The number of Topliss-reactive ketones (excluding diaryl/α,β-unsaturated/α-hetero) is 1. The first-order chi connectivity index (χ1) is 11.7. The Balaban J connectivity index is 1.96. The molecular weight excluding hydrogens is 298 g/mol. The minimum Gasteiger partial charge on any atom is -0.457 e. The quantitative estimate of drug-likeness (QED) is 0.815. The van der Waals surface area contributed by atoms with Crippen LogP contribution >= 0.6 is 0 Å². The first-order valence-electron chi connectivity index (χ1n) is 8.71. The Morgan fingerprint density at radius 1 is 1.04 bits per heavy atom. The van der Waals surface area contributed by atoms with Gasteiger partial charge in [-0.3, -0.25) is 4.79 Å². The van der Waals surface area contributed by atoms with E-state index in [1.54, 1.807) is 6.92 Å². The number of ketones is 1. The maximum Gasteiger partial charge on any atom is 0.140 e. The SMILES string of the molecule is CCN1CCC(C(C)=O)(c2ccccc2Oc2ccccc2)CC1. The number of benzene rings is 2. The second kappa shape index (κ2) is 7.18. The van der Waals surface area contributed by atoms with Gasteiger partial charge in [-0.15, -0.1) is 0 Å². The molecule has 2 aromatic rings. The average Bonchev–Trinajstić information content (AvgIpc) is 2.63. The number of carbonyl (C=O) groups is 1. The lowest BCUT2D eigenvalue weighted by molar-refractivity contribution is -0.124. The largest absolute Gasteiger partial charge is 0.457 e. The zero-order valence-electron chi connectivity index (χ0n) is 14.5. The first kappa shape index (κ1) is 16.7. The van der Waals surface area contributed by atoms with Crippen LogP contribution in [0, 0.1) is 0 Å². The van der Waals surface area contributed by atoms with E-state index in [4.69, 9.17) is 4.74 Å². The van der Waals surface area contributed by atoms with E-state index >= 15 is 0 Å². The molecule has 3 nitrogen and oxygen atoms in total. The van der Waals surface area contributed by atoms with Crippen molar-refractivity contribution in [1.82, 2.24) is 4.90 Å². The molecule has 3 heteroatoms. The van der Waals surface area contributed by atoms with Crippen LogP contribution in [0.2, 0.25) is 0 Å². The third-order valence-corrected chi connectivity index (χ3v) is 5.20. The number of hydrogen-bond acceptors (Lipinski definition) is 3. The topological polar surface area (TPSA) is 29.5 Å². The highest BCUT2D eigenvalue weighted by Gasteiger charge is 2.42. The van der Waals surface area contributed by atoms with Crippen molar-refractivity contribution in [2.75, 3.05) is 19.6 Å². The molecule has 0 amide bonds. The molecule has 0 bridgehead atoms. The number of rotatable bonds is 5. The van der Waals surface area contributed by atoms with E-state index < -0.39 is 5.41 Å². The van der Waals surface area contributed by atoms with Crippen molar-refractivity contribution in [3.05, 3.63) is 60.2 Å². The van der Waals surface area contributed by atoms with Crippen molar-refractivity contribution >= 4 is 5.78 Å². The average molecular weight is 323 g/mol. The van der Waals surface area contributed by atoms with Gasteiger partial charge in [0.25, 0.3) is 0 Å². The molecule has 1 aliphatic rings. The molecule has 1 fully saturated rings. The summed E-state index contributed by atoms with van der Waals surface area (Å²) in [5.41, 5.74) is 0.592. The van der Waals surface area contributed by atoms with Crippen molar-refractivity contribution in [1.29, 1.82) is 0 Å². The molecule has 1 saturated heterocycles. The maximum atomic E-state index is 12.6. The normalized spacial score (nSPS) is 17.4. The zero-order valence-corrected chi connectivity index (χ0v) is 14.5. The van der Waals surface area contributed by atoms with Crippen molar-refractivity contribution in [3.8, 4) is 11.5 Å². The number of para-hydroxylation sites is 2. The first-order valence-corrected chi connectivity index (χ1v) is 8.71. The van der Waals surface area contributed by atoms with Crippen LogP contribution in [-0.2, 0) is 10.2 Å². The molecule has 2 aromatic carbocycles. The van der Waals surface area contributed by atoms with Crippen molar-refractivity contribution in [2.24, 2.45) is 0 Å². The molecule has 3 rings (SSSR count). The molecule has 0 N–H and O–H groups in total. The van der Waals surface area contributed by atoms with Crippen LogP contribution in [-0.4, -0.2) is 30.3 Å². The summed E-state index contributed by atoms with van der Waals surface area (Å²) in [5, 5.41) is 0. The molecule has 1 aliphatic heterocycles. The molecule has 0 unspecified atom stereocenters. The van der Waals surface area contributed by atoms with Crippen LogP contribution in [0.1, 0.15) is 32.3 Å². The van der Waals surface area contributed by atoms with Gasteiger partial charge in [-0.2, -0.15) is 0 Å². The van der Waals surface area contributed by atoms with Crippen molar-refractivity contribution in [3.63, 3.8) is 0 Å². The van der Waals surface area contributed by atoms with Gasteiger partial charge in [-0.05, 0) is 57.6 Å². The van der Waals surface area contributed by atoms with Gasteiger partial charge in [0.1, 0.15) is 17.3 Å². The van der Waals surface area contributed by atoms with E-state index in [2.05, 4.69) is 17.9 Å². The number of likely N-dealkylation sites (tertiary alicyclic amines) is 1. The Labute approximate surface area is 144 Å². The predicted molar refractivity (Wildman–Crippen MR) is 96.7 cm³/mol. The van der Waals surface area contributed by atoms with Crippen LogP contribution in [0.3, 0.4) is 0 Å². The number of ether oxygens (including phenoxy) is 1. The molecule has 1 heterocycles. The van der Waals surface area contributed by atoms with E-state index in [1.165, 1.54) is 0 Å². The molecule has 0 aliphatic carbocycles. The van der Waals surface area contributed by atoms with Crippen LogP contribution < -0.4 is 4.74 Å². The summed E-state index contributed by atoms with van der Waals surface area (Å²) in [4.78, 5) is 15.1. The van der Waals surface area contributed by atoms with E-state index in [9.17, 15) is 4.79 Å². The summed E-state index contributed by atoms with van der Waals surface area (Å²) in [7, 11) is 0. The Kier molecular flexibility index (Phi) is 5.00. The second-order valence-corrected chi connectivity index (χ2v) is 6.48. The second-order valence-electron chi connectivity index (χ2n) is 6.48. The zero-order chi connectivity index (χ0) is 17.0. The molecule has 0 spiro atoms. The lowest BCUT2D eigenvalue weighted by Gasteiger charge is -2.40. The van der Waals surface area contributed by atoms with E-state index in [-0.39, 0.29) is 5.78 Å². The van der Waals surface area contributed by atoms with Crippen LogP contribution in [0.4, 0.5) is 0 Å². The lowest BCUT2D eigenvalue weighted by Crippen LogP contribution is -2.46. The Bertz CT molecular complexity index is 688. The van der Waals surface area contributed by atoms with Crippen LogP contribution in [0.5, 0.6) is 11.5 Å². The highest BCUT2D eigenvalue weighted by molar-refractivity contribution is 5.89. The fourth-order valence-corrected chi connectivity index (χ4v) is 3.63. The summed E-state index contributed by atoms with van der Waals surface area (Å²) in [6, 6.07) is 17.8. The predicted octanol–water partition coefficient (Wildman–Crippen LogP) is 4.42. The number of piperidine rings is 1. The highest BCUT2D eigenvalue weighted by Crippen LogP contribution is 2.42. The number of hydrogen-bond donors (Lipinski definition) is 0. The highest BCUT2D eigenvalue weighted by atomic mass is 16.5. The van der Waals surface area contributed by atoms with E-state index in [0.717, 1.165) is 49.5 Å². The molecule has 0 radical (unpaired) electrons. The van der Waals surface area contributed by atoms with Gasteiger partial charge in [-0.25, -0.2) is 0 Å². The standard InChI is InChI=1S/C21H25NO2/c1-3-22-15-13-21(14-16-22,17(2)23)19-11-7-8-12-20(19)24-18-9-5-4-6-10-18/h4-12H,3,13-16H2,1-2H3. The number of nitrogens with zero attached hydrogens (tertiary/aromatic N) is 1. The lowest BCUT2D eigenvalue weighted by atomic mass is 9.69. The van der Waals surface area contributed by atoms with Gasteiger partial charge in [0.05, 0.1) is 5.41 Å². The van der Waals surface area contributed by atoms with E-state index in [1.807, 2.05) is 48.5 Å². The van der Waals surface area contributed by atoms with Gasteiger partial charge >= 0.3 is 0 Å². The van der Waals surface area contributed by atoms with Gasteiger partial charge in [0, 0.05) is 5.56 Å². The van der Waals surface area contributed by atoms with E-state index in [0.29, 0.717) is 0 Å². The van der Waals surface area contributed by atoms with Gasteiger partial charge < -0.3 is 9.64 Å². The monoisotopic (exact) mass is 323 g/mol. The summed E-state index contributed by atoms with van der Waals surface area (Å²) in [6.45, 7) is 6.84. The Hall–Kier alpha value is -2.13. The van der Waals surface area contributed by atoms with Crippen molar-refractivity contribution < 1.29 is 9.53 Å². The third-order valence-electron chi connectivity index (χ3n) is 5.20. The Morgan fingerprint density at radius 3 is 2.29 bits per heavy atom. The minimum atomic E-state index is -0.433. The van der Waals surface area contributed by atoms with Gasteiger partial charge in [0.2, 0.25) is 0 Å². The summed E-state index contributed by atoms with van der Waals surface area (Å²) in [5.74, 6) is 1.83. The number of carbonyl (C=O) groups excluding carboxylic acids is 1. The molecular formula is C21H25NO2. The molecule has 0 saturated carbocycles. The maximum absolute atomic E-state index is 12.6. The summed E-state index contributed by atoms with van der Waals surface area (Å²) >= 11 is 0. The molecule has 126 valence electrons. The summed E-state index contributed by atoms with van der Waals surface area (Å²) < 4.78 is 6.13. The smallest absolute Gasteiger partial charge is 0.140 e. The molecule has 0 atom stereocenters. The van der Waals surface area contributed by atoms with Crippen LogP contribution in [0.15, 0.2) is 54.6 Å². The Morgan fingerprint density at radius 2 is 1.67 bits per heavy atom. The fourth-order valence-electron chi connectivity index (χ4n) is 3.63. The third kappa shape index (κ3) is 3.22. The van der Waals surface area contributed by atoms with Gasteiger partial charge in [-0.1, -0.05) is 43.3 Å². The molecule has 24 heavy (non-hydrogen) atoms. The summed E-state index contributed by atoms with van der Waals surface area (Å²) in [6.07, 6.45) is 1.71. The van der Waals surface area contributed by atoms with Crippen LogP contribution in [0.25, 0.3) is 0 Å². The fraction of sp³-hybridized carbons (Fsp3) is 0.381.